The number of Topliss-reactive ketones (excluding diaryl/α,β-unsaturated/α-hetero) is 1. The molecule has 0 amide bonds. The maximum Gasteiger partial charge on any atom is 0.488 e. The Labute approximate surface area is 191 Å². The van der Waals surface area contributed by atoms with Crippen molar-refractivity contribution in [2.45, 2.75) is 12.2 Å². The van der Waals surface area contributed by atoms with Gasteiger partial charge in [0, 0.05) is 17.7 Å². The smallest absolute Gasteiger partial charge is 0.423 e. The van der Waals surface area contributed by atoms with Gasteiger partial charge in [0.15, 0.2) is 5.78 Å². The fourth-order valence-corrected chi connectivity index (χ4v) is 4.54. The van der Waals surface area contributed by atoms with Crippen molar-refractivity contribution in [2.75, 3.05) is 0 Å². The number of hydrogen-bond donors (Lipinski definition) is 2. The van der Waals surface area contributed by atoms with Crippen LogP contribution in [0.5, 0.6) is 0 Å². The molecular formula is C26H20BNO3S. The third-order valence-electron chi connectivity index (χ3n) is 5.31. The molecule has 156 valence electrons. The fraction of sp³-hybridized carbons (Fsp3) is 0.0769. The van der Waals surface area contributed by atoms with E-state index in [4.69, 9.17) is 0 Å². The summed E-state index contributed by atoms with van der Waals surface area (Å²) in [4.78, 5) is 13.6. The summed E-state index contributed by atoms with van der Waals surface area (Å²) in [6.45, 7) is 0. The van der Waals surface area contributed by atoms with Crippen molar-refractivity contribution in [1.29, 1.82) is 5.26 Å². The predicted molar refractivity (Wildman–Crippen MR) is 130 cm³/mol. The van der Waals surface area contributed by atoms with Crippen molar-refractivity contribution in [3.63, 3.8) is 0 Å². The topological polar surface area (TPSA) is 81.3 Å². The molecular weight excluding hydrogens is 417 g/mol. The number of carbonyl (C=O) groups is 1. The van der Waals surface area contributed by atoms with E-state index in [1.807, 2.05) is 72.8 Å². The van der Waals surface area contributed by atoms with Gasteiger partial charge in [-0.15, -0.1) is 11.8 Å². The molecule has 4 nitrogen and oxygen atoms in total. The van der Waals surface area contributed by atoms with Crippen LogP contribution in [-0.2, 0) is 10.5 Å². The van der Waals surface area contributed by atoms with E-state index in [0.29, 0.717) is 16.8 Å². The van der Waals surface area contributed by atoms with Gasteiger partial charge in [0.25, 0.3) is 0 Å². The summed E-state index contributed by atoms with van der Waals surface area (Å²) >= 11 is 1.55. The van der Waals surface area contributed by atoms with Crippen molar-refractivity contribution in [2.24, 2.45) is 0 Å². The molecule has 1 aliphatic carbocycles. The molecule has 0 aliphatic heterocycles. The number of allylic oxidation sites excluding steroid dienone is 4. The highest BCUT2D eigenvalue weighted by molar-refractivity contribution is 8.02. The lowest BCUT2D eigenvalue weighted by Crippen LogP contribution is -2.29. The monoisotopic (exact) mass is 437 g/mol. The molecule has 4 rings (SSSR count). The minimum absolute atomic E-state index is 0.168. The average molecular weight is 437 g/mol. The van der Waals surface area contributed by atoms with Crippen LogP contribution < -0.4 is 5.46 Å². The average Bonchev–Trinajstić information content (AvgIpc) is 2.83. The van der Waals surface area contributed by atoms with Crippen molar-refractivity contribution < 1.29 is 14.8 Å². The number of hydrogen-bond acceptors (Lipinski definition) is 5. The molecule has 0 radical (unpaired) electrons. The van der Waals surface area contributed by atoms with E-state index in [-0.39, 0.29) is 17.8 Å². The van der Waals surface area contributed by atoms with E-state index < -0.39 is 7.12 Å². The second kappa shape index (κ2) is 9.84. The van der Waals surface area contributed by atoms with E-state index in [1.165, 1.54) is 0 Å². The molecule has 0 atom stereocenters. The van der Waals surface area contributed by atoms with Gasteiger partial charge in [0.2, 0.25) is 0 Å². The number of thioether (sulfide) groups is 1. The normalized spacial score (nSPS) is 13.5. The number of nitriles is 1. The third kappa shape index (κ3) is 4.92. The Morgan fingerprint density at radius 3 is 2.12 bits per heavy atom. The Kier molecular flexibility index (Phi) is 6.72. The zero-order valence-electron chi connectivity index (χ0n) is 17.2. The van der Waals surface area contributed by atoms with Crippen molar-refractivity contribution in [3.05, 3.63) is 107 Å². The first kappa shape index (κ1) is 21.9. The minimum Gasteiger partial charge on any atom is -0.423 e. The highest BCUT2D eigenvalue weighted by atomic mass is 32.2. The quantitative estimate of drug-likeness (QED) is 0.568. The standard InChI is InChI=1S/C26H20BNO3S/c28-16-25-24(21-10-8-20(9-11-21)19-4-2-1-3-5-19)14-23(15-26(25)29)32-17-18-6-12-22(13-7-18)27(30)31/h1-14,30-31H,15,17H2. The fourth-order valence-electron chi connectivity index (χ4n) is 3.56. The van der Waals surface area contributed by atoms with Crippen LogP contribution in [0, 0.1) is 11.3 Å². The maximum atomic E-state index is 12.6. The Bertz CT molecular complexity index is 1220. The molecule has 0 saturated carbocycles. The molecule has 0 saturated heterocycles. The van der Waals surface area contributed by atoms with Crippen LogP contribution in [0.25, 0.3) is 16.7 Å². The Morgan fingerprint density at radius 2 is 1.50 bits per heavy atom. The zero-order valence-corrected chi connectivity index (χ0v) is 18.0. The van der Waals surface area contributed by atoms with Crippen molar-refractivity contribution in [1.82, 2.24) is 0 Å². The lowest BCUT2D eigenvalue weighted by Gasteiger charge is -2.16. The number of ketones is 1. The molecule has 3 aromatic rings. The van der Waals surface area contributed by atoms with Gasteiger partial charge in [-0.2, -0.15) is 5.26 Å². The Hall–Kier alpha value is -3.37. The lowest BCUT2D eigenvalue weighted by atomic mass is 9.80. The second-order valence-corrected chi connectivity index (χ2v) is 8.56. The number of benzene rings is 3. The van der Waals surface area contributed by atoms with Crippen LogP contribution in [0.4, 0.5) is 0 Å². The summed E-state index contributed by atoms with van der Waals surface area (Å²) in [5, 5.41) is 28.0. The minimum atomic E-state index is -1.49. The van der Waals surface area contributed by atoms with Gasteiger partial charge in [-0.25, -0.2) is 0 Å². The maximum absolute atomic E-state index is 12.6. The third-order valence-corrected chi connectivity index (χ3v) is 6.42. The molecule has 3 aromatic carbocycles. The zero-order chi connectivity index (χ0) is 22.5. The van der Waals surface area contributed by atoms with Crippen LogP contribution in [-0.4, -0.2) is 22.9 Å². The van der Waals surface area contributed by atoms with E-state index in [9.17, 15) is 20.1 Å². The first-order valence-electron chi connectivity index (χ1n) is 10.2. The SMILES string of the molecule is N#CC1=C(c2ccc(-c3ccccc3)cc2)C=C(SCc2ccc(B(O)O)cc2)CC1=O. The van der Waals surface area contributed by atoms with Gasteiger partial charge in [-0.3, -0.25) is 4.79 Å². The molecule has 0 bridgehead atoms. The first-order chi connectivity index (χ1) is 15.5. The Balaban J connectivity index is 1.56. The van der Waals surface area contributed by atoms with E-state index in [1.54, 1.807) is 23.9 Å². The van der Waals surface area contributed by atoms with E-state index in [0.717, 1.165) is 27.2 Å². The molecule has 1 aliphatic rings. The Morgan fingerprint density at radius 1 is 0.875 bits per heavy atom. The molecule has 0 spiro atoms. The second-order valence-electron chi connectivity index (χ2n) is 7.46. The van der Waals surface area contributed by atoms with Gasteiger partial charge in [0.1, 0.15) is 11.6 Å². The van der Waals surface area contributed by atoms with Crippen LogP contribution in [0.2, 0.25) is 0 Å². The van der Waals surface area contributed by atoms with Gasteiger partial charge >= 0.3 is 7.12 Å². The molecule has 0 fully saturated rings. The molecule has 0 unspecified atom stereocenters. The number of rotatable bonds is 6. The van der Waals surface area contributed by atoms with Crippen molar-refractivity contribution in [3.8, 4) is 17.2 Å². The summed E-state index contributed by atoms with van der Waals surface area (Å²) in [7, 11) is -1.49. The molecule has 0 aromatic heterocycles. The van der Waals surface area contributed by atoms with E-state index >= 15 is 0 Å². The largest absolute Gasteiger partial charge is 0.488 e. The van der Waals surface area contributed by atoms with Crippen molar-refractivity contribution >= 4 is 35.7 Å². The summed E-state index contributed by atoms with van der Waals surface area (Å²) in [6.07, 6.45) is 2.15. The van der Waals surface area contributed by atoms with Crippen LogP contribution >= 0.6 is 11.8 Å². The molecule has 6 heteroatoms. The summed E-state index contributed by atoms with van der Waals surface area (Å²) in [5.74, 6) is 0.474. The van der Waals surface area contributed by atoms with Crippen LogP contribution in [0.15, 0.2) is 95.4 Å². The van der Waals surface area contributed by atoms with Gasteiger partial charge in [-0.1, -0.05) is 78.9 Å². The number of nitrogens with zero attached hydrogens (tertiary/aromatic N) is 1. The molecule has 2 N–H and O–H groups in total. The molecule has 0 heterocycles. The van der Waals surface area contributed by atoms with Gasteiger partial charge < -0.3 is 10.0 Å². The van der Waals surface area contributed by atoms with E-state index in [2.05, 4.69) is 6.07 Å². The van der Waals surface area contributed by atoms with Gasteiger partial charge in [-0.05, 0) is 38.7 Å². The predicted octanol–water partition coefficient (Wildman–Crippen LogP) is 4.10. The van der Waals surface area contributed by atoms with Gasteiger partial charge in [0.05, 0.1) is 0 Å². The highest BCUT2D eigenvalue weighted by Crippen LogP contribution is 2.35. The summed E-state index contributed by atoms with van der Waals surface area (Å²) in [6, 6.07) is 27.1. The number of carbonyl (C=O) groups excluding carboxylic acids is 1. The molecule has 32 heavy (non-hydrogen) atoms. The lowest BCUT2D eigenvalue weighted by molar-refractivity contribution is -0.114. The highest BCUT2D eigenvalue weighted by Gasteiger charge is 2.23. The first-order valence-corrected chi connectivity index (χ1v) is 11.2. The summed E-state index contributed by atoms with van der Waals surface area (Å²) < 4.78 is 0. The van der Waals surface area contributed by atoms with Crippen LogP contribution in [0.3, 0.4) is 0 Å². The van der Waals surface area contributed by atoms with Crippen LogP contribution in [0.1, 0.15) is 17.5 Å². The summed E-state index contributed by atoms with van der Waals surface area (Å²) in [5.41, 5.74) is 5.33.